The molecule has 0 aromatic heterocycles. The molecule has 0 aliphatic carbocycles. The predicted molar refractivity (Wildman–Crippen MR) is 85.4 cm³/mol. The van der Waals surface area contributed by atoms with Crippen LogP contribution < -0.4 is 10.6 Å². The van der Waals surface area contributed by atoms with Crippen molar-refractivity contribution in [3.05, 3.63) is 0 Å². The van der Waals surface area contributed by atoms with Gasteiger partial charge >= 0.3 is 5.97 Å². The zero-order valence-electron chi connectivity index (χ0n) is 13.5. The first-order valence-electron chi connectivity index (χ1n) is 8.32. The van der Waals surface area contributed by atoms with Crippen LogP contribution in [0, 0.1) is 0 Å². The van der Waals surface area contributed by atoms with Crippen LogP contribution in [0.4, 0.5) is 0 Å². The van der Waals surface area contributed by atoms with E-state index in [9.17, 15) is 9.59 Å². The summed E-state index contributed by atoms with van der Waals surface area (Å²) in [6.07, 6.45) is 8.70. The van der Waals surface area contributed by atoms with Crippen molar-refractivity contribution in [3.63, 3.8) is 0 Å². The number of ether oxygens (including phenoxy) is 1. The lowest BCUT2D eigenvalue weighted by molar-refractivity contribution is -0.143. The lowest BCUT2D eigenvalue weighted by atomic mass is 10.2. The average molecular weight is 300 g/mol. The van der Waals surface area contributed by atoms with Gasteiger partial charge in [0, 0.05) is 19.5 Å². The van der Waals surface area contributed by atoms with Crippen LogP contribution in [0.15, 0.2) is 0 Å². The van der Waals surface area contributed by atoms with E-state index in [1.54, 1.807) is 0 Å². The molecular weight excluding hydrogens is 268 g/mol. The van der Waals surface area contributed by atoms with Crippen LogP contribution in [-0.2, 0) is 14.3 Å². The molecule has 0 saturated carbocycles. The Labute approximate surface area is 129 Å². The van der Waals surface area contributed by atoms with Crippen molar-refractivity contribution in [2.75, 3.05) is 32.8 Å². The van der Waals surface area contributed by atoms with Gasteiger partial charge in [-0.1, -0.05) is 26.2 Å². The summed E-state index contributed by atoms with van der Waals surface area (Å²) in [4.78, 5) is 21.4. The molecule has 5 nitrogen and oxygen atoms in total. The van der Waals surface area contributed by atoms with Gasteiger partial charge in [0.1, 0.15) is 6.29 Å². The molecule has 0 aromatic carbocycles. The zero-order chi connectivity index (χ0) is 15.6. The minimum absolute atomic E-state index is 0.0997. The first-order valence-corrected chi connectivity index (χ1v) is 8.32. The van der Waals surface area contributed by atoms with Crippen LogP contribution in [0.2, 0.25) is 0 Å². The Hall–Kier alpha value is -0.940. The van der Waals surface area contributed by atoms with Crippen LogP contribution in [0.3, 0.4) is 0 Å². The van der Waals surface area contributed by atoms with Gasteiger partial charge in [-0.25, -0.2) is 0 Å². The van der Waals surface area contributed by atoms with Crippen molar-refractivity contribution in [1.82, 2.24) is 10.6 Å². The predicted octanol–water partition coefficient (Wildman–Crippen LogP) is 2.05. The lowest BCUT2D eigenvalue weighted by Gasteiger charge is -2.06. The largest absolute Gasteiger partial charge is 0.466 e. The number of hydrogen-bond acceptors (Lipinski definition) is 5. The van der Waals surface area contributed by atoms with E-state index in [-0.39, 0.29) is 5.97 Å². The number of hydrogen-bond donors (Lipinski definition) is 2. The summed E-state index contributed by atoms with van der Waals surface area (Å²) in [5.74, 6) is -0.0997. The molecule has 21 heavy (non-hydrogen) atoms. The van der Waals surface area contributed by atoms with E-state index in [1.165, 1.54) is 12.8 Å². The minimum atomic E-state index is -0.0997. The van der Waals surface area contributed by atoms with Gasteiger partial charge in [0.05, 0.1) is 13.0 Å². The molecule has 0 heterocycles. The minimum Gasteiger partial charge on any atom is -0.466 e. The molecule has 0 saturated heterocycles. The maximum Gasteiger partial charge on any atom is 0.307 e. The van der Waals surface area contributed by atoms with Crippen molar-refractivity contribution in [2.24, 2.45) is 0 Å². The molecule has 5 heteroatoms. The molecule has 0 spiro atoms. The normalized spacial score (nSPS) is 10.5. The Morgan fingerprint density at radius 2 is 1.62 bits per heavy atom. The molecule has 0 aliphatic heterocycles. The van der Waals surface area contributed by atoms with E-state index in [2.05, 4.69) is 17.6 Å². The number of aldehydes is 1. The Kier molecular flexibility index (Phi) is 16.3. The topological polar surface area (TPSA) is 67.4 Å². The van der Waals surface area contributed by atoms with Crippen molar-refractivity contribution in [1.29, 1.82) is 0 Å². The summed E-state index contributed by atoms with van der Waals surface area (Å²) in [5, 5.41) is 6.50. The highest BCUT2D eigenvalue weighted by Gasteiger charge is 2.01. The fourth-order valence-corrected chi connectivity index (χ4v) is 1.86. The van der Waals surface area contributed by atoms with E-state index in [1.807, 2.05) is 0 Å². The number of carbonyl (C=O) groups excluding carboxylic acids is 2. The van der Waals surface area contributed by atoms with Crippen molar-refractivity contribution in [2.45, 2.75) is 58.3 Å². The van der Waals surface area contributed by atoms with Gasteiger partial charge < -0.3 is 20.2 Å². The number of carbonyl (C=O) groups is 2. The van der Waals surface area contributed by atoms with Gasteiger partial charge in [-0.3, -0.25) is 4.79 Å². The summed E-state index contributed by atoms with van der Waals surface area (Å²) in [6, 6.07) is 0. The molecule has 0 atom stereocenters. The third-order valence-corrected chi connectivity index (χ3v) is 3.16. The van der Waals surface area contributed by atoms with Gasteiger partial charge in [-0.05, 0) is 32.4 Å². The van der Waals surface area contributed by atoms with Crippen LogP contribution in [0.25, 0.3) is 0 Å². The van der Waals surface area contributed by atoms with Crippen LogP contribution in [-0.4, -0.2) is 45.0 Å². The van der Waals surface area contributed by atoms with Gasteiger partial charge in [-0.15, -0.1) is 0 Å². The molecule has 0 fully saturated rings. The highest BCUT2D eigenvalue weighted by molar-refractivity contribution is 5.69. The summed E-state index contributed by atoms with van der Waals surface area (Å²) in [5.41, 5.74) is 0. The summed E-state index contributed by atoms with van der Waals surface area (Å²) in [7, 11) is 0. The zero-order valence-corrected chi connectivity index (χ0v) is 13.5. The van der Waals surface area contributed by atoms with Gasteiger partial charge in [0.2, 0.25) is 0 Å². The monoisotopic (exact) mass is 300 g/mol. The third kappa shape index (κ3) is 17.0. The van der Waals surface area contributed by atoms with Crippen LogP contribution in [0.1, 0.15) is 58.3 Å². The first kappa shape index (κ1) is 20.1. The molecule has 0 radical (unpaired) electrons. The summed E-state index contributed by atoms with van der Waals surface area (Å²) >= 11 is 0. The third-order valence-electron chi connectivity index (χ3n) is 3.16. The Balaban J connectivity index is 3.08. The molecule has 2 N–H and O–H groups in total. The first-order chi connectivity index (χ1) is 10.3. The number of nitrogens with one attached hydrogen (secondary N) is 2. The quantitative estimate of drug-likeness (QED) is 0.259. The number of unbranched alkanes of at least 4 members (excludes halogenated alkanes) is 4. The SMILES string of the molecule is CCCCOC(=O)CCNCCCCCCNCCC=O. The standard InChI is InChI=1S/C16H32N2O3/c1-2-3-15-21-16(20)9-13-18-11-7-5-4-6-10-17-12-8-14-19/h14,17-18H,2-13,15H2,1H3. The van der Waals surface area contributed by atoms with Gasteiger partial charge in [0.15, 0.2) is 0 Å². The Morgan fingerprint density at radius 3 is 2.24 bits per heavy atom. The lowest BCUT2D eigenvalue weighted by Crippen LogP contribution is -2.20. The fourth-order valence-electron chi connectivity index (χ4n) is 1.86. The van der Waals surface area contributed by atoms with Crippen LogP contribution >= 0.6 is 0 Å². The molecule has 0 bridgehead atoms. The second-order valence-corrected chi connectivity index (χ2v) is 5.19. The second-order valence-electron chi connectivity index (χ2n) is 5.19. The van der Waals surface area contributed by atoms with Crippen molar-refractivity contribution in [3.8, 4) is 0 Å². The summed E-state index contributed by atoms with van der Waals surface area (Å²) < 4.78 is 5.07. The van der Waals surface area contributed by atoms with E-state index >= 15 is 0 Å². The molecule has 0 aromatic rings. The van der Waals surface area contributed by atoms with Crippen molar-refractivity contribution >= 4 is 12.3 Å². The van der Waals surface area contributed by atoms with E-state index in [0.717, 1.165) is 51.6 Å². The van der Waals surface area contributed by atoms with Gasteiger partial charge in [-0.2, -0.15) is 0 Å². The molecular formula is C16H32N2O3. The highest BCUT2D eigenvalue weighted by atomic mass is 16.5. The van der Waals surface area contributed by atoms with E-state index < -0.39 is 0 Å². The van der Waals surface area contributed by atoms with E-state index in [0.29, 0.717) is 26.0 Å². The molecule has 0 aliphatic rings. The Bertz CT molecular complexity index is 248. The number of esters is 1. The fraction of sp³-hybridized carbons (Fsp3) is 0.875. The van der Waals surface area contributed by atoms with Gasteiger partial charge in [0.25, 0.3) is 0 Å². The molecule has 0 rings (SSSR count). The average Bonchev–Trinajstić information content (AvgIpc) is 2.48. The van der Waals surface area contributed by atoms with E-state index in [4.69, 9.17) is 4.74 Å². The number of rotatable bonds is 16. The maximum atomic E-state index is 11.3. The molecule has 0 amide bonds. The highest BCUT2D eigenvalue weighted by Crippen LogP contribution is 1.98. The second kappa shape index (κ2) is 17.1. The smallest absolute Gasteiger partial charge is 0.307 e. The maximum absolute atomic E-state index is 11.3. The Morgan fingerprint density at radius 1 is 0.952 bits per heavy atom. The molecule has 0 unspecified atom stereocenters. The van der Waals surface area contributed by atoms with Crippen molar-refractivity contribution < 1.29 is 14.3 Å². The molecule has 124 valence electrons. The van der Waals surface area contributed by atoms with Crippen LogP contribution in [0.5, 0.6) is 0 Å². The summed E-state index contributed by atoms with van der Waals surface area (Å²) in [6.45, 7) is 6.08.